The maximum atomic E-state index is 13.2. The quantitative estimate of drug-likeness (QED) is 0.290. The van der Waals surface area contributed by atoms with E-state index < -0.39 is 17.7 Å². The van der Waals surface area contributed by atoms with Crippen LogP contribution in [0, 0.1) is 5.92 Å². The lowest BCUT2D eigenvalue weighted by Crippen LogP contribution is -2.29. The van der Waals surface area contributed by atoms with Gasteiger partial charge in [0.2, 0.25) is 0 Å². The first kappa shape index (κ1) is 23.3. The van der Waals surface area contributed by atoms with E-state index in [4.69, 9.17) is 16.3 Å². The van der Waals surface area contributed by atoms with Gasteiger partial charge >= 0.3 is 0 Å². The number of pyridine rings is 1. The van der Waals surface area contributed by atoms with Crippen LogP contribution in [0.25, 0.3) is 5.76 Å². The number of ketones is 1. The zero-order chi connectivity index (χ0) is 24.4. The van der Waals surface area contributed by atoms with Crippen LogP contribution < -0.4 is 9.64 Å². The Labute approximate surface area is 201 Å². The summed E-state index contributed by atoms with van der Waals surface area (Å²) >= 11 is 6.12. The molecule has 0 spiro atoms. The van der Waals surface area contributed by atoms with Crippen LogP contribution in [-0.2, 0) is 9.59 Å². The lowest BCUT2D eigenvalue weighted by atomic mass is 9.96. The minimum atomic E-state index is -1.03. The van der Waals surface area contributed by atoms with Gasteiger partial charge in [0.25, 0.3) is 11.7 Å². The van der Waals surface area contributed by atoms with Gasteiger partial charge in [-0.3, -0.25) is 19.5 Å². The smallest absolute Gasteiger partial charge is 0.300 e. The monoisotopic (exact) mass is 478 g/mol. The van der Waals surface area contributed by atoms with Crippen molar-refractivity contribution < 1.29 is 24.5 Å². The van der Waals surface area contributed by atoms with Gasteiger partial charge in [-0.1, -0.05) is 43.6 Å². The number of halogens is 1. The van der Waals surface area contributed by atoms with Crippen LogP contribution in [0.3, 0.4) is 0 Å². The zero-order valence-corrected chi connectivity index (χ0v) is 19.4. The molecule has 4 rings (SSSR count). The highest BCUT2D eigenvalue weighted by molar-refractivity contribution is 6.52. The molecule has 1 saturated heterocycles. The molecule has 2 heterocycles. The van der Waals surface area contributed by atoms with Crippen LogP contribution in [0.15, 0.2) is 72.6 Å². The van der Waals surface area contributed by atoms with Crippen molar-refractivity contribution in [2.45, 2.75) is 19.9 Å². The van der Waals surface area contributed by atoms with E-state index in [9.17, 15) is 19.8 Å². The second kappa shape index (κ2) is 9.57. The Kier molecular flexibility index (Phi) is 6.56. The number of carbonyl (C=O) groups excluding carboxylic acids is 2. The number of aromatic hydroxyl groups is 1. The van der Waals surface area contributed by atoms with E-state index in [1.807, 2.05) is 13.8 Å². The van der Waals surface area contributed by atoms with E-state index in [1.54, 1.807) is 42.6 Å². The van der Waals surface area contributed by atoms with E-state index in [0.717, 1.165) is 4.90 Å². The van der Waals surface area contributed by atoms with Gasteiger partial charge in [0, 0.05) is 23.0 Å². The number of rotatable bonds is 6. The molecule has 2 aromatic carbocycles. The fourth-order valence-electron chi connectivity index (χ4n) is 3.78. The number of phenols is 1. The Morgan fingerprint density at radius 2 is 1.94 bits per heavy atom. The minimum Gasteiger partial charge on any atom is -0.507 e. The molecule has 1 amide bonds. The maximum absolute atomic E-state index is 13.2. The van der Waals surface area contributed by atoms with Gasteiger partial charge in [-0.15, -0.1) is 0 Å². The molecule has 1 aromatic heterocycles. The molecule has 174 valence electrons. The number of phenolic OH excluding ortho intramolecular Hbond substituents is 1. The molecule has 1 unspecified atom stereocenters. The number of aromatic nitrogens is 1. The van der Waals surface area contributed by atoms with Crippen LogP contribution in [0.1, 0.15) is 31.0 Å². The molecule has 1 aliphatic rings. The standard InChI is InChI=1S/C26H23ClN2O5/c1-15(2)14-34-19-7-3-5-16(11-19)24(31)22-23(17-6-4-10-28-13-17)29(26(33)25(22)32)20-12-18(27)8-9-21(20)30/h3-13,15,23,30-31H,14H2,1-2H3/b24-22+. The van der Waals surface area contributed by atoms with Gasteiger partial charge in [0.05, 0.1) is 23.9 Å². The number of benzene rings is 2. The highest BCUT2D eigenvalue weighted by atomic mass is 35.5. The van der Waals surface area contributed by atoms with Gasteiger partial charge in [-0.2, -0.15) is 0 Å². The number of Topliss-reactive ketones (excluding diaryl/α,β-unsaturated/α-hetero) is 1. The summed E-state index contributed by atoms with van der Waals surface area (Å²) in [6.07, 6.45) is 3.06. The Hall–Kier alpha value is -3.84. The Morgan fingerprint density at radius 1 is 1.15 bits per heavy atom. The highest BCUT2D eigenvalue weighted by Gasteiger charge is 2.47. The van der Waals surface area contributed by atoms with E-state index in [1.165, 1.54) is 24.4 Å². The first-order valence-electron chi connectivity index (χ1n) is 10.7. The number of hydrogen-bond donors (Lipinski definition) is 2. The third-order valence-corrected chi connectivity index (χ3v) is 5.57. The molecule has 1 fully saturated rings. The van der Waals surface area contributed by atoms with E-state index in [-0.39, 0.29) is 27.8 Å². The average Bonchev–Trinajstić information content (AvgIpc) is 3.10. The molecule has 2 N–H and O–H groups in total. The molecule has 0 aliphatic carbocycles. The van der Waals surface area contributed by atoms with Crippen LogP contribution in [0.4, 0.5) is 5.69 Å². The average molecular weight is 479 g/mol. The number of aliphatic hydroxyl groups excluding tert-OH is 1. The predicted octanol–water partition coefficient (Wildman–Crippen LogP) is 5.10. The summed E-state index contributed by atoms with van der Waals surface area (Å²) in [4.78, 5) is 31.6. The summed E-state index contributed by atoms with van der Waals surface area (Å²) in [6, 6.07) is 13.2. The Balaban J connectivity index is 1.88. The molecule has 34 heavy (non-hydrogen) atoms. The van der Waals surface area contributed by atoms with Gasteiger partial charge in [-0.05, 0) is 47.9 Å². The van der Waals surface area contributed by atoms with Gasteiger partial charge in [-0.25, -0.2) is 0 Å². The van der Waals surface area contributed by atoms with E-state index in [0.29, 0.717) is 29.4 Å². The zero-order valence-electron chi connectivity index (χ0n) is 18.6. The van der Waals surface area contributed by atoms with Crippen molar-refractivity contribution in [1.82, 2.24) is 4.98 Å². The Morgan fingerprint density at radius 3 is 2.65 bits per heavy atom. The van der Waals surface area contributed by atoms with Gasteiger partial charge < -0.3 is 14.9 Å². The largest absolute Gasteiger partial charge is 0.507 e. The second-order valence-corrected chi connectivity index (χ2v) is 8.76. The SMILES string of the molecule is CC(C)COc1cccc(/C(O)=C2\C(=O)C(=O)N(c3cc(Cl)ccc3O)C2c2cccnc2)c1. The third kappa shape index (κ3) is 4.47. The van der Waals surface area contributed by atoms with E-state index in [2.05, 4.69) is 4.98 Å². The first-order valence-corrected chi connectivity index (χ1v) is 11.1. The minimum absolute atomic E-state index is 0.0523. The number of amides is 1. The summed E-state index contributed by atoms with van der Waals surface area (Å²) in [7, 11) is 0. The molecule has 1 atom stereocenters. The molecule has 0 bridgehead atoms. The Bertz CT molecular complexity index is 1270. The maximum Gasteiger partial charge on any atom is 0.300 e. The summed E-state index contributed by atoms with van der Waals surface area (Å²) < 4.78 is 5.75. The second-order valence-electron chi connectivity index (χ2n) is 8.32. The number of ether oxygens (including phenoxy) is 1. The lowest BCUT2D eigenvalue weighted by Gasteiger charge is -2.26. The summed E-state index contributed by atoms with van der Waals surface area (Å²) in [5.74, 6) is -1.55. The summed E-state index contributed by atoms with van der Waals surface area (Å²) in [5.41, 5.74) is 0.730. The van der Waals surface area contributed by atoms with Crippen molar-refractivity contribution in [1.29, 1.82) is 0 Å². The lowest BCUT2D eigenvalue weighted by molar-refractivity contribution is -0.132. The molecule has 7 nitrogen and oxygen atoms in total. The number of anilines is 1. The van der Waals surface area contributed by atoms with Crippen LogP contribution in [0.5, 0.6) is 11.5 Å². The van der Waals surface area contributed by atoms with Crippen LogP contribution in [0.2, 0.25) is 5.02 Å². The normalized spacial score (nSPS) is 17.4. The molecule has 3 aromatic rings. The van der Waals surface area contributed by atoms with Crippen molar-refractivity contribution in [3.63, 3.8) is 0 Å². The fourth-order valence-corrected chi connectivity index (χ4v) is 3.94. The first-order chi connectivity index (χ1) is 16.3. The van der Waals surface area contributed by atoms with Crippen molar-refractivity contribution in [3.8, 4) is 11.5 Å². The van der Waals surface area contributed by atoms with Crippen LogP contribution >= 0.6 is 11.6 Å². The van der Waals surface area contributed by atoms with Gasteiger partial charge in [0.15, 0.2) is 0 Å². The molecular formula is C26H23ClN2O5. The molecule has 1 aliphatic heterocycles. The van der Waals surface area contributed by atoms with Crippen molar-refractivity contribution in [2.75, 3.05) is 11.5 Å². The molecule has 0 radical (unpaired) electrons. The topological polar surface area (TPSA) is 100.0 Å². The van der Waals surface area contributed by atoms with Crippen LogP contribution in [-0.4, -0.2) is 33.5 Å². The third-order valence-electron chi connectivity index (χ3n) is 5.33. The fraction of sp³-hybridized carbons (Fsp3) is 0.192. The highest BCUT2D eigenvalue weighted by Crippen LogP contribution is 2.45. The van der Waals surface area contributed by atoms with E-state index >= 15 is 0 Å². The number of carbonyl (C=O) groups is 2. The number of hydrogen-bond acceptors (Lipinski definition) is 6. The van der Waals surface area contributed by atoms with Gasteiger partial charge in [0.1, 0.15) is 17.3 Å². The summed E-state index contributed by atoms with van der Waals surface area (Å²) in [6.45, 7) is 4.52. The molecule has 8 heteroatoms. The molecule has 0 saturated carbocycles. The predicted molar refractivity (Wildman–Crippen MR) is 129 cm³/mol. The van der Waals surface area contributed by atoms with Crippen molar-refractivity contribution >= 4 is 34.7 Å². The van der Waals surface area contributed by atoms with Crippen molar-refractivity contribution in [3.05, 3.63) is 88.7 Å². The number of aliphatic hydroxyl groups is 1. The molecular weight excluding hydrogens is 456 g/mol. The number of nitrogens with zero attached hydrogens (tertiary/aromatic N) is 2. The van der Waals surface area contributed by atoms with Crippen molar-refractivity contribution in [2.24, 2.45) is 5.92 Å². The summed E-state index contributed by atoms with van der Waals surface area (Å²) in [5, 5.41) is 22.0.